The van der Waals surface area contributed by atoms with Crippen molar-refractivity contribution in [2.24, 2.45) is 5.73 Å². The molecule has 1 aromatic heterocycles. The van der Waals surface area contributed by atoms with Gasteiger partial charge >= 0.3 is 0 Å². The van der Waals surface area contributed by atoms with Crippen LogP contribution in [0.1, 0.15) is 18.1 Å². The van der Waals surface area contributed by atoms with Gasteiger partial charge in [0.2, 0.25) is 5.79 Å². The van der Waals surface area contributed by atoms with Crippen LogP contribution in [0.4, 0.5) is 0 Å². The van der Waals surface area contributed by atoms with Gasteiger partial charge in [-0.2, -0.15) is 0 Å². The molecule has 3 rings (SSSR count). The van der Waals surface area contributed by atoms with E-state index < -0.39 is 5.79 Å². The van der Waals surface area contributed by atoms with Crippen molar-refractivity contribution in [3.8, 4) is 5.75 Å². The Morgan fingerprint density at radius 2 is 1.91 bits per heavy atom. The highest BCUT2D eigenvalue weighted by molar-refractivity contribution is 5.85. The highest BCUT2D eigenvalue weighted by Gasteiger charge is 2.25. The quantitative estimate of drug-likeness (QED) is 0.627. The van der Waals surface area contributed by atoms with Gasteiger partial charge in [0.15, 0.2) is 0 Å². The molecule has 0 aliphatic carbocycles. The number of nitrogens with one attached hydrogen (secondary N) is 1. The number of halogens is 1. The molecule has 4 N–H and O–H groups in total. The summed E-state index contributed by atoms with van der Waals surface area (Å²) in [6, 6.07) is 15.1. The number of ether oxygens (including phenoxy) is 1. The van der Waals surface area contributed by atoms with E-state index in [-0.39, 0.29) is 12.4 Å². The SMILES string of the molecule is CC(O)(Oc1ccc2[nH]cc(CCN)c2c1)c1ccccc1.Cl. The van der Waals surface area contributed by atoms with E-state index in [0.29, 0.717) is 17.9 Å². The summed E-state index contributed by atoms with van der Waals surface area (Å²) in [5.74, 6) is -0.751. The number of hydrogen-bond donors (Lipinski definition) is 3. The third-order valence-electron chi connectivity index (χ3n) is 3.78. The molecule has 0 bridgehead atoms. The second-order valence-electron chi connectivity index (χ2n) is 5.51. The van der Waals surface area contributed by atoms with Crippen LogP contribution >= 0.6 is 12.4 Å². The normalized spacial score (nSPS) is 13.3. The topological polar surface area (TPSA) is 71.3 Å². The lowest BCUT2D eigenvalue weighted by atomic mass is 10.1. The summed E-state index contributed by atoms with van der Waals surface area (Å²) in [5, 5.41) is 11.7. The van der Waals surface area contributed by atoms with Gasteiger partial charge in [-0.05, 0) is 36.7 Å². The molecule has 5 heteroatoms. The van der Waals surface area contributed by atoms with Crippen molar-refractivity contribution in [3.05, 3.63) is 65.9 Å². The second-order valence-corrected chi connectivity index (χ2v) is 5.51. The summed E-state index contributed by atoms with van der Waals surface area (Å²) >= 11 is 0. The average Bonchev–Trinajstić information content (AvgIpc) is 2.91. The Kier molecular flexibility index (Phi) is 5.31. The minimum atomic E-state index is -1.38. The van der Waals surface area contributed by atoms with Crippen LogP contribution in [-0.4, -0.2) is 16.6 Å². The molecular weight excluding hydrogens is 312 g/mol. The van der Waals surface area contributed by atoms with Gasteiger partial charge in [-0.15, -0.1) is 12.4 Å². The zero-order valence-corrected chi connectivity index (χ0v) is 13.8. The Bertz CT molecular complexity index is 769. The lowest BCUT2D eigenvalue weighted by Gasteiger charge is -2.25. The number of fused-ring (bicyclic) bond motifs is 1. The molecule has 4 nitrogen and oxygen atoms in total. The van der Waals surface area contributed by atoms with E-state index >= 15 is 0 Å². The van der Waals surface area contributed by atoms with Crippen molar-refractivity contribution in [1.29, 1.82) is 0 Å². The van der Waals surface area contributed by atoms with Crippen molar-refractivity contribution in [2.75, 3.05) is 6.54 Å². The first-order valence-corrected chi connectivity index (χ1v) is 7.37. The van der Waals surface area contributed by atoms with Crippen LogP contribution in [0.25, 0.3) is 10.9 Å². The van der Waals surface area contributed by atoms with Crippen molar-refractivity contribution < 1.29 is 9.84 Å². The molecule has 2 aromatic carbocycles. The summed E-state index contributed by atoms with van der Waals surface area (Å²) in [6.45, 7) is 2.24. The predicted molar refractivity (Wildman–Crippen MR) is 94.9 cm³/mol. The molecule has 122 valence electrons. The first-order valence-electron chi connectivity index (χ1n) is 7.37. The maximum Gasteiger partial charge on any atom is 0.232 e. The largest absolute Gasteiger partial charge is 0.459 e. The van der Waals surface area contributed by atoms with Crippen LogP contribution in [0.2, 0.25) is 0 Å². The summed E-state index contributed by atoms with van der Waals surface area (Å²) in [6.07, 6.45) is 2.77. The lowest BCUT2D eigenvalue weighted by Crippen LogP contribution is -2.28. The first-order chi connectivity index (χ1) is 10.6. The molecule has 0 saturated heterocycles. The summed E-state index contributed by atoms with van der Waals surface area (Å²) in [4.78, 5) is 3.22. The van der Waals surface area contributed by atoms with Crippen LogP contribution in [-0.2, 0) is 12.2 Å². The fraction of sp³-hybridized carbons (Fsp3) is 0.222. The minimum Gasteiger partial charge on any atom is -0.459 e. The van der Waals surface area contributed by atoms with Gasteiger partial charge in [-0.3, -0.25) is 0 Å². The van der Waals surface area contributed by atoms with Gasteiger partial charge in [-0.1, -0.05) is 30.3 Å². The number of aromatic amines is 1. The fourth-order valence-electron chi connectivity index (χ4n) is 2.62. The monoisotopic (exact) mass is 332 g/mol. The Labute approximate surface area is 141 Å². The van der Waals surface area contributed by atoms with Crippen LogP contribution in [0.5, 0.6) is 5.75 Å². The number of benzene rings is 2. The molecule has 0 spiro atoms. The second kappa shape index (κ2) is 7.04. The number of hydrogen-bond acceptors (Lipinski definition) is 3. The molecule has 0 fully saturated rings. The maximum absolute atomic E-state index is 10.6. The van der Waals surface area contributed by atoms with Gasteiger partial charge in [0.05, 0.1) is 0 Å². The van der Waals surface area contributed by atoms with Crippen LogP contribution in [0.3, 0.4) is 0 Å². The highest BCUT2D eigenvalue weighted by atomic mass is 35.5. The van der Waals surface area contributed by atoms with Crippen LogP contribution in [0, 0.1) is 0 Å². The van der Waals surface area contributed by atoms with E-state index in [0.717, 1.165) is 22.9 Å². The molecule has 0 radical (unpaired) electrons. The van der Waals surface area contributed by atoms with Crippen LogP contribution in [0.15, 0.2) is 54.7 Å². The molecule has 1 heterocycles. The van der Waals surface area contributed by atoms with Crippen molar-refractivity contribution in [2.45, 2.75) is 19.1 Å². The maximum atomic E-state index is 10.6. The standard InChI is InChI=1S/C18H20N2O2.ClH/c1-18(21,14-5-3-2-4-6-14)22-15-7-8-17-16(11-15)13(9-10-19)12-20-17;/h2-8,11-12,20-21H,9-10,19H2,1H3;1H. The molecule has 1 unspecified atom stereocenters. The van der Waals surface area contributed by atoms with Crippen molar-refractivity contribution in [3.63, 3.8) is 0 Å². The van der Waals surface area contributed by atoms with Crippen LogP contribution < -0.4 is 10.5 Å². The van der Waals surface area contributed by atoms with Gasteiger partial charge in [-0.25, -0.2) is 0 Å². The summed E-state index contributed by atoms with van der Waals surface area (Å²) in [5.41, 5.74) is 8.55. The fourth-order valence-corrected chi connectivity index (χ4v) is 2.62. The van der Waals surface area contributed by atoms with E-state index in [1.54, 1.807) is 6.92 Å². The third-order valence-corrected chi connectivity index (χ3v) is 3.78. The smallest absolute Gasteiger partial charge is 0.232 e. The average molecular weight is 333 g/mol. The minimum absolute atomic E-state index is 0. The van der Waals surface area contributed by atoms with E-state index in [1.807, 2.05) is 54.7 Å². The number of rotatable bonds is 5. The van der Waals surface area contributed by atoms with Gasteiger partial charge in [0, 0.05) is 29.6 Å². The molecule has 0 saturated carbocycles. The Hall–Kier alpha value is -2.01. The molecule has 0 aliphatic heterocycles. The van der Waals surface area contributed by atoms with E-state index in [9.17, 15) is 5.11 Å². The molecule has 23 heavy (non-hydrogen) atoms. The highest BCUT2D eigenvalue weighted by Crippen LogP contribution is 2.29. The molecule has 3 aromatic rings. The van der Waals surface area contributed by atoms with Crippen molar-refractivity contribution in [1.82, 2.24) is 4.98 Å². The summed E-state index contributed by atoms with van der Waals surface area (Å²) < 4.78 is 5.81. The Morgan fingerprint density at radius 1 is 1.17 bits per heavy atom. The zero-order valence-electron chi connectivity index (χ0n) is 13.0. The van der Waals surface area contributed by atoms with Crippen molar-refractivity contribution >= 4 is 23.3 Å². The first kappa shape index (κ1) is 17.3. The lowest BCUT2D eigenvalue weighted by molar-refractivity contribution is -0.129. The van der Waals surface area contributed by atoms with E-state index in [1.165, 1.54) is 0 Å². The Balaban J connectivity index is 0.00000192. The number of nitrogens with two attached hydrogens (primary N) is 1. The zero-order chi connectivity index (χ0) is 15.6. The number of H-pyrrole nitrogens is 1. The Morgan fingerprint density at radius 3 is 2.61 bits per heavy atom. The van der Waals surface area contributed by atoms with Gasteiger partial charge < -0.3 is 20.6 Å². The van der Waals surface area contributed by atoms with E-state index in [4.69, 9.17) is 10.5 Å². The number of aliphatic hydroxyl groups is 1. The van der Waals surface area contributed by atoms with E-state index in [2.05, 4.69) is 4.98 Å². The predicted octanol–water partition coefficient (Wildman–Crippen LogP) is 3.33. The molecule has 0 amide bonds. The molecule has 1 atom stereocenters. The van der Waals surface area contributed by atoms with Gasteiger partial charge in [0.1, 0.15) is 5.75 Å². The van der Waals surface area contributed by atoms with Gasteiger partial charge in [0.25, 0.3) is 0 Å². The number of aromatic nitrogens is 1. The third kappa shape index (κ3) is 3.67. The molecule has 0 aliphatic rings. The summed E-state index contributed by atoms with van der Waals surface area (Å²) in [7, 11) is 0. The molecular formula is C18H21ClN2O2.